The lowest BCUT2D eigenvalue weighted by Gasteiger charge is -2.32. The van der Waals surface area contributed by atoms with Crippen LogP contribution in [0.1, 0.15) is 25.7 Å². The van der Waals surface area contributed by atoms with E-state index in [1.807, 2.05) is 30.3 Å². The zero-order chi connectivity index (χ0) is 21.1. The first-order valence-electron chi connectivity index (χ1n) is 10.1. The molecule has 4 rings (SSSR count). The summed E-state index contributed by atoms with van der Waals surface area (Å²) in [6.07, 6.45) is 4.37. The van der Waals surface area contributed by atoms with Crippen molar-refractivity contribution in [2.24, 2.45) is 0 Å². The van der Waals surface area contributed by atoms with Crippen molar-refractivity contribution >= 4 is 27.4 Å². The molecule has 2 fully saturated rings. The lowest BCUT2D eigenvalue weighted by atomic mass is 10.1. The van der Waals surface area contributed by atoms with Crippen LogP contribution >= 0.6 is 0 Å². The number of piperidine rings is 1. The number of hydrogen-bond donors (Lipinski definition) is 1. The molecule has 2 heterocycles. The summed E-state index contributed by atoms with van der Waals surface area (Å²) in [6.45, 7) is 1.20. The van der Waals surface area contributed by atoms with E-state index in [1.165, 1.54) is 10.5 Å². The van der Waals surface area contributed by atoms with Gasteiger partial charge in [0.1, 0.15) is 6.10 Å². The molecule has 0 bridgehead atoms. The predicted molar refractivity (Wildman–Crippen MR) is 115 cm³/mol. The van der Waals surface area contributed by atoms with Gasteiger partial charge in [-0.1, -0.05) is 18.2 Å². The van der Waals surface area contributed by atoms with Crippen LogP contribution in [0.3, 0.4) is 0 Å². The van der Waals surface area contributed by atoms with Gasteiger partial charge in [0.05, 0.1) is 17.1 Å². The molecular formula is C21H26N4O4S. The molecule has 30 heavy (non-hydrogen) atoms. The zero-order valence-electron chi connectivity index (χ0n) is 16.9. The van der Waals surface area contributed by atoms with Crippen molar-refractivity contribution in [1.29, 1.82) is 0 Å². The third-order valence-electron chi connectivity index (χ3n) is 5.45. The summed E-state index contributed by atoms with van der Waals surface area (Å²) in [5.41, 5.74) is 1.31. The first kappa shape index (κ1) is 20.5. The number of nitrogens with one attached hydrogen (secondary N) is 1. The second-order valence-corrected chi connectivity index (χ2v) is 9.91. The fourth-order valence-corrected chi connectivity index (χ4v) is 5.02. The summed E-state index contributed by atoms with van der Waals surface area (Å²) in [6, 6.07) is 12.7. The minimum Gasteiger partial charge on any atom is -0.474 e. The highest BCUT2D eigenvalue weighted by Gasteiger charge is 2.39. The third-order valence-corrected chi connectivity index (χ3v) is 7.74. The van der Waals surface area contributed by atoms with E-state index in [-0.39, 0.29) is 17.4 Å². The van der Waals surface area contributed by atoms with Gasteiger partial charge in [0, 0.05) is 44.7 Å². The number of carbonyl (C=O) groups excluding carboxylic acids is 1. The van der Waals surface area contributed by atoms with Crippen LogP contribution in [0.2, 0.25) is 0 Å². The summed E-state index contributed by atoms with van der Waals surface area (Å²) < 4.78 is 31.9. The summed E-state index contributed by atoms with van der Waals surface area (Å²) in [7, 11) is -1.73. The van der Waals surface area contributed by atoms with Gasteiger partial charge in [-0.15, -0.1) is 0 Å². The average Bonchev–Trinajstić information content (AvgIpc) is 3.61. The second kappa shape index (κ2) is 8.51. The quantitative estimate of drug-likeness (QED) is 0.760. The number of nitrogens with zero attached hydrogens (tertiary/aromatic N) is 3. The largest absolute Gasteiger partial charge is 0.474 e. The van der Waals surface area contributed by atoms with Gasteiger partial charge in [-0.3, -0.25) is 4.31 Å². The van der Waals surface area contributed by atoms with Crippen LogP contribution in [-0.4, -0.2) is 55.8 Å². The van der Waals surface area contributed by atoms with Crippen LogP contribution in [0.4, 0.5) is 16.2 Å². The highest BCUT2D eigenvalue weighted by Crippen LogP contribution is 2.32. The van der Waals surface area contributed by atoms with Crippen molar-refractivity contribution in [3.8, 4) is 5.88 Å². The van der Waals surface area contributed by atoms with Crippen molar-refractivity contribution in [3.05, 3.63) is 48.7 Å². The normalized spacial score (nSPS) is 17.4. The van der Waals surface area contributed by atoms with Gasteiger partial charge in [0.15, 0.2) is 0 Å². The minimum absolute atomic E-state index is 0.0305. The standard InChI is InChI=1S/C21H26N4O4S/c1-24(30(27,28)19-8-9-19)17-7-10-20(22-15-17)29-18-11-13-25(14-12-18)21(26)23-16-5-3-2-4-6-16/h2-7,10,15,18-19H,8-9,11-14H2,1H3,(H,23,26). The number of urea groups is 1. The maximum absolute atomic E-state index is 12.4. The number of carbonyl (C=O) groups is 1. The molecule has 0 radical (unpaired) electrons. The molecule has 8 nitrogen and oxygen atoms in total. The van der Waals surface area contributed by atoms with Crippen LogP contribution < -0.4 is 14.4 Å². The number of benzene rings is 1. The molecule has 1 aliphatic carbocycles. The van der Waals surface area contributed by atoms with E-state index >= 15 is 0 Å². The first-order chi connectivity index (χ1) is 14.4. The van der Waals surface area contributed by atoms with Gasteiger partial charge < -0.3 is 15.0 Å². The topological polar surface area (TPSA) is 91.8 Å². The number of ether oxygens (including phenoxy) is 1. The number of sulfonamides is 1. The maximum Gasteiger partial charge on any atom is 0.321 e. The summed E-state index contributed by atoms with van der Waals surface area (Å²) in [4.78, 5) is 18.4. The molecule has 1 aromatic heterocycles. The molecular weight excluding hydrogens is 404 g/mol. The van der Waals surface area contributed by atoms with E-state index in [2.05, 4.69) is 10.3 Å². The summed E-state index contributed by atoms with van der Waals surface area (Å²) in [5.74, 6) is 0.461. The number of rotatable bonds is 6. The molecule has 2 aliphatic rings. The van der Waals surface area contributed by atoms with E-state index < -0.39 is 10.0 Å². The molecule has 2 aromatic rings. The smallest absolute Gasteiger partial charge is 0.321 e. The Bertz CT molecular complexity index is 970. The maximum atomic E-state index is 12.4. The van der Waals surface area contributed by atoms with Crippen molar-refractivity contribution in [2.45, 2.75) is 37.0 Å². The fraction of sp³-hybridized carbons (Fsp3) is 0.429. The number of amides is 2. The SMILES string of the molecule is CN(c1ccc(OC2CCN(C(=O)Nc3ccccc3)CC2)nc1)S(=O)(=O)C1CC1. The zero-order valence-corrected chi connectivity index (χ0v) is 17.7. The lowest BCUT2D eigenvalue weighted by Crippen LogP contribution is -2.43. The van der Waals surface area contributed by atoms with E-state index in [0.29, 0.717) is 37.5 Å². The molecule has 160 valence electrons. The third kappa shape index (κ3) is 4.67. The Balaban J connectivity index is 1.27. The number of pyridine rings is 1. The minimum atomic E-state index is -3.29. The molecule has 1 saturated carbocycles. The first-order valence-corrected chi connectivity index (χ1v) is 11.7. The molecule has 2 amide bonds. The molecule has 1 saturated heterocycles. The Morgan fingerprint density at radius 3 is 2.40 bits per heavy atom. The average molecular weight is 431 g/mol. The van der Waals surface area contributed by atoms with Gasteiger partial charge in [0.2, 0.25) is 15.9 Å². The highest BCUT2D eigenvalue weighted by atomic mass is 32.2. The van der Waals surface area contributed by atoms with Crippen molar-refractivity contribution in [1.82, 2.24) is 9.88 Å². The van der Waals surface area contributed by atoms with Crippen LogP contribution in [0.15, 0.2) is 48.7 Å². The molecule has 0 unspecified atom stereocenters. The number of para-hydroxylation sites is 1. The number of anilines is 2. The number of hydrogen-bond acceptors (Lipinski definition) is 5. The van der Waals surface area contributed by atoms with Gasteiger partial charge in [-0.2, -0.15) is 0 Å². The van der Waals surface area contributed by atoms with E-state index in [9.17, 15) is 13.2 Å². The summed E-state index contributed by atoms with van der Waals surface area (Å²) >= 11 is 0. The Morgan fingerprint density at radius 2 is 1.80 bits per heavy atom. The van der Waals surface area contributed by atoms with Gasteiger partial charge in [-0.05, 0) is 31.0 Å². The van der Waals surface area contributed by atoms with E-state index in [4.69, 9.17) is 4.74 Å². The molecule has 1 N–H and O–H groups in total. The summed E-state index contributed by atoms with van der Waals surface area (Å²) in [5, 5.41) is 2.64. The Hall–Kier alpha value is -2.81. The van der Waals surface area contributed by atoms with E-state index in [0.717, 1.165) is 18.5 Å². The van der Waals surface area contributed by atoms with Gasteiger partial charge in [0.25, 0.3) is 0 Å². The van der Waals surface area contributed by atoms with Crippen molar-refractivity contribution in [3.63, 3.8) is 0 Å². The molecule has 1 aromatic carbocycles. The van der Waals surface area contributed by atoms with Crippen LogP contribution in [0, 0.1) is 0 Å². The fourth-order valence-electron chi connectivity index (χ4n) is 3.44. The van der Waals surface area contributed by atoms with Crippen LogP contribution in [0.25, 0.3) is 0 Å². The number of likely N-dealkylation sites (tertiary alicyclic amines) is 1. The molecule has 0 atom stereocenters. The molecule has 0 spiro atoms. The van der Waals surface area contributed by atoms with E-state index in [1.54, 1.807) is 24.1 Å². The monoisotopic (exact) mass is 430 g/mol. The Labute approximate surface area is 176 Å². The highest BCUT2D eigenvalue weighted by molar-refractivity contribution is 7.93. The van der Waals surface area contributed by atoms with Crippen LogP contribution in [0.5, 0.6) is 5.88 Å². The lowest BCUT2D eigenvalue weighted by molar-refractivity contribution is 0.111. The van der Waals surface area contributed by atoms with Crippen molar-refractivity contribution < 1.29 is 17.9 Å². The number of aromatic nitrogens is 1. The van der Waals surface area contributed by atoms with Gasteiger partial charge in [-0.25, -0.2) is 18.2 Å². The Kier molecular flexibility index (Phi) is 5.80. The molecule has 1 aliphatic heterocycles. The molecule has 9 heteroatoms. The van der Waals surface area contributed by atoms with Gasteiger partial charge >= 0.3 is 6.03 Å². The second-order valence-electron chi connectivity index (χ2n) is 7.67. The predicted octanol–water partition coefficient (Wildman–Crippen LogP) is 3.09. The van der Waals surface area contributed by atoms with Crippen molar-refractivity contribution in [2.75, 3.05) is 29.8 Å². The Morgan fingerprint density at radius 1 is 1.10 bits per heavy atom. The van der Waals surface area contributed by atoms with Crippen LogP contribution in [-0.2, 0) is 10.0 Å².